The number of hydrogen-bond acceptors (Lipinski definition) is 2. The summed E-state index contributed by atoms with van der Waals surface area (Å²) in [4.78, 5) is 26.3. The van der Waals surface area contributed by atoms with Crippen molar-refractivity contribution < 1.29 is 9.59 Å². The normalized spacial score (nSPS) is 23.2. The topological polar surface area (TPSA) is 37.4 Å². The van der Waals surface area contributed by atoms with E-state index in [1.54, 1.807) is 6.92 Å². The predicted molar refractivity (Wildman–Crippen MR) is 93.8 cm³/mol. The van der Waals surface area contributed by atoms with E-state index in [1.165, 1.54) is 31.3 Å². The van der Waals surface area contributed by atoms with Crippen molar-refractivity contribution in [1.82, 2.24) is 4.90 Å². The molecule has 1 unspecified atom stereocenters. The van der Waals surface area contributed by atoms with Crippen LogP contribution in [0.25, 0.3) is 0 Å². The zero-order chi connectivity index (χ0) is 17.0. The Morgan fingerprint density at radius 1 is 1.26 bits per heavy atom. The molecule has 1 amide bonds. The van der Waals surface area contributed by atoms with Gasteiger partial charge in [0.2, 0.25) is 5.91 Å². The van der Waals surface area contributed by atoms with E-state index >= 15 is 0 Å². The molecule has 0 aromatic rings. The number of piperidine rings is 1. The molecular weight excluding hydrogens is 286 g/mol. The van der Waals surface area contributed by atoms with Crippen LogP contribution in [0.4, 0.5) is 0 Å². The first-order valence-electron chi connectivity index (χ1n) is 9.10. The number of unbranched alkanes of at least 4 members (excludes halogenated alkanes) is 4. The van der Waals surface area contributed by atoms with E-state index < -0.39 is 0 Å². The van der Waals surface area contributed by atoms with Gasteiger partial charge in [-0.3, -0.25) is 9.59 Å². The van der Waals surface area contributed by atoms with Gasteiger partial charge >= 0.3 is 0 Å². The molecule has 1 atom stereocenters. The zero-order valence-electron chi connectivity index (χ0n) is 15.2. The SMILES string of the molecule is CCCCCCCN1C(=O)CC(C)(C)C2=CC(C(C)=O)CC=C21. The quantitative estimate of drug-likeness (QED) is 0.642. The molecule has 3 heteroatoms. The third-order valence-electron chi connectivity index (χ3n) is 5.13. The van der Waals surface area contributed by atoms with Crippen LogP contribution in [0, 0.1) is 11.3 Å². The maximum atomic E-state index is 12.6. The number of allylic oxidation sites excluding steroid dienone is 3. The van der Waals surface area contributed by atoms with Crippen LogP contribution < -0.4 is 0 Å². The number of carbonyl (C=O) groups is 2. The highest BCUT2D eigenvalue weighted by atomic mass is 16.2. The second-order valence-electron chi connectivity index (χ2n) is 7.64. The fraction of sp³-hybridized carbons (Fsp3) is 0.700. The Balaban J connectivity index is 2.11. The Morgan fingerprint density at radius 2 is 1.96 bits per heavy atom. The van der Waals surface area contributed by atoms with Crippen LogP contribution in [0.2, 0.25) is 0 Å². The van der Waals surface area contributed by atoms with Crippen LogP contribution in [-0.4, -0.2) is 23.1 Å². The molecule has 128 valence electrons. The van der Waals surface area contributed by atoms with Crippen LogP contribution in [0.1, 0.15) is 72.6 Å². The molecule has 0 saturated carbocycles. The fourth-order valence-corrected chi connectivity index (χ4v) is 3.64. The van der Waals surface area contributed by atoms with E-state index in [0.717, 1.165) is 25.1 Å². The second kappa shape index (κ2) is 7.46. The van der Waals surface area contributed by atoms with Gasteiger partial charge in [-0.2, -0.15) is 0 Å². The number of fused-ring (bicyclic) bond motifs is 1. The number of nitrogens with zero attached hydrogens (tertiary/aromatic N) is 1. The summed E-state index contributed by atoms with van der Waals surface area (Å²) in [5.74, 6) is 0.425. The number of rotatable bonds is 7. The average Bonchev–Trinajstić information content (AvgIpc) is 2.49. The first-order valence-corrected chi connectivity index (χ1v) is 9.10. The lowest BCUT2D eigenvalue weighted by Gasteiger charge is -2.43. The molecule has 0 N–H and O–H groups in total. The summed E-state index contributed by atoms with van der Waals surface area (Å²) in [6.45, 7) is 8.92. The van der Waals surface area contributed by atoms with E-state index in [-0.39, 0.29) is 23.0 Å². The van der Waals surface area contributed by atoms with Crippen LogP contribution in [0.3, 0.4) is 0 Å². The standard InChI is InChI=1S/C20H31NO2/c1-5-6-7-8-9-12-21-18-11-10-16(15(2)22)13-17(18)20(3,4)14-19(21)23/h11,13,16H,5-10,12,14H2,1-4H3. The summed E-state index contributed by atoms with van der Waals surface area (Å²) in [5, 5.41) is 0. The van der Waals surface area contributed by atoms with Gasteiger partial charge in [0.25, 0.3) is 0 Å². The van der Waals surface area contributed by atoms with Gasteiger partial charge in [-0.15, -0.1) is 0 Å². The molecule has 2 aliphatic rings. The van der Waals surface area contributed by atoms with Crippen molar-refractivity contribution in [3.8, 4) is 0 Å². The molecule has 0 bridgehead atoms. The molecule has 1 aliphatic heterocycles. The van der Waals surface area contributed by atoms with Gasteiger partial charge in [-0.25, -0.2) is 0 Å². The van der Waals surface area contributed by atoms with Gasteiger partial charge in [-0.05, 0) is 25.3 Å². The molecule has 1 fully saturated rings. The van der Waals surface area contributed by atoms with Gasteiger partial charge in [-0.1, -0.05) is 58.6 Å². The minimum Gasteiger partial charge on any atom is -0.312 e. The van der Waals surface area contributed by atoms with E-state index in [4.69, 9.17) is 0 Å². The third-order valence-corrected chi connectivity index (χ3v) is 5.13. The maximum absolute atomic E-state index is 12.6. The van der Waals surface area contributed by atoms with E-state index in [9.17, 15) is 9.59 Å². The lowest BCUT2D eigenvalue weighted by Crippen LogP contribution is -2.43. The molecule has 0 radical (unpaired) electrons. The summed E-state index contributed by atoms with van der Waals surface area (Å²) < 4.78 is 0. The maximum Gasteiger partial charge on any atom is 0.227 e. The summed E-state index contributed by atoms with van der Waals surface area (Å²) in [6, 6.07) is 0. The number of amides is 1. The van der Waals surface area contributed by atoms with Gasteiger partial charge in [0.05, 0.1) is 0 Å². The Morgan fingerprint density at radius 3 is 2.61 bits per heavy atom. The number of carbonyl (C=O) groups excluding carboxylic acids is 2. The summed E-state index contributed by atoms with van der Waals surface area (Å²) in [6.07, 6.45) is 11.5. The molecule has 2 rings (SSSR count). The Kier molecular flexibility index (Phi) is 5.83. The van der Waals surface area contributed by atoms with Crippen molar-refractivity contribution in [3.05, 3.63) is 23.4 Å². The van der Waals surface area contributed by atoms with Gasteiger partial charge in [0.1, 0.15) is 5.78 Å². The van der Waals surface area contributed by atoms with Gasteiger partial charge < -0.3 is 4.90 Å². The average molecular weight is 317 g/mol. The first-order chi connectivity index (χ1) is 10.9. The second-order valence-corrected chi connectivity index (χ2v) is 7.64. The predicted octanol–water partition coefficient (Wildman–Crippen LogP) is 4.63. The first kappa shape index (κ1) is 18.0. The van der Waals surface area contributed by atoms with Crippen LogP contribution in [0.15, 0.2) is 23.4 Å². The fourth-order valence-electron chi connectivity index (χ4n) is 3.64. The van der Waals surface area contributed by atoms with E-state index in [0.29, 0.717) is 6.42 Å². The minimum absolute atomic E-state index is 0.0207. The van der Waals surface area contributed by atoms with Crippen LogP contribution in [-0.2, 0) is 9.59 Å². The molecule has 0 aromatic heterocycles. The van der Waals surface area contributed by atoms with Crippen molar-refractivity contribution in [3.63, 3.8) is 0 Å². The van der Waals surface area contributed by atoms with E-state index in [1.807, 2.05) is 4.90 Å². The molecule has 1 heterocycles. The molecule has 0 spiro atoms. The number of hydrogen-bond donors (Lipinski definition) is 0. The van der Waals surface area contributed by atoms with Crippen LogP contribution in [0.5, 0.6) is 0 Å². The van der Waals surface area contributed by atoms with Gasteiger partial charge in [0, 0.05) is 30.0 Å². The molecule has 3 nitrogen and oxygen atoms in total. The Hall–Kier alpha value is -1.38. The third kappa shape index (κ3) is 4.13. The minimum atomic E-state index is -0.171. The largest absolute Gasteiger partial charge is 0.312 e. The van der Waals surface area contributed by atoms with Crippen molar-refractivity contribution in [1.29, 1.82) is 0 Å². The molecule has 1 saturated heterocycles. The molecule has 1 aliphatic carbocycles. The van der Waals surface area contributed by atoms with Crippen molar-refractivity contribution in [2.45, 2.75) is 72.6 Å². The zero-order valence-corrected chi connectivity index (χ0v) is 15.2. The lowest BCUT2D eigenvalue weighted by atomic mass is 9.72. The summed E-state index contributed by atoms with van der Waals surface area (Å²) in [7, 11) is 0. The van der Waals surface area contributed by atoms with Gasteiger partial charge in [0.15, 0.2) is 0 Å². The highest BCUT2D eigenvalue weighted by Gasteiger charge is 2.40. The smallest absolute Gasteiger partial charge is 0.227 e. The number of likely N-dealkylation sites (tertiary alicyclic amines) is 1. The Labute approximate surface area is 140 Å². The summed E-state index contributed by atoms with van der Waals surface area (Å²) >= 11 is 0. The Bertz CT molecular complexity index is 528. The lowest BCUT2D eigenvalue weighted by molar-refractivity contribution is -0.132. The number of Topliss-reactive ketones (excluding diaryl/α,β-unsaturated/α-hetero) is 1. The van der Waals surface area contributed by atoms with Crippen LogP contribution >= 0.6 is 0 Å². The van der Waals surface area contributed by atoms with E-state index in [2.05, 4.69) is 32.9 Å². The highest BCUT2D eigenvalue weighted by molar-refractivity contribution is 5.85. The highest BCUT2D eigenvalue weighted by Crippen LogP contribution is 2.45. The monoisotopic (exact) mass is 317 g/mol. The molecule has 0 aromatic carbocycles. The van der Waals surface area contributed by atoms with Crippen molar-refractivity contribution >= 4 is 11.7 Å². The van der Waals surface area contributed by atoms with Crippen molar-refractivity contribution in [2.75, 3.05) is 6.54 Å². The molecular formula is C20H31NO2. The number of ketones is 1. The molecule has 23 heavy (non-hydrogen) atoms. The van der Waals surface area contributed by atoms with Crippen molar-refractivity contribution in [2.24, 2.45) is 11.3 Å². The summed E-state index contributed by atoms with van der Waals surface area (Å²) in [5.41, 5.74) is 2.09.